The van der Waals surface area contributed by atoms with Gasteiger partial charge in [-0.05, 0) is 13.3 Å². The molecule has 1 unspecified atom stereocenters. The molecule has 0 fully saturated rings. The minimum Gasteiger partial charge on any atom is -0.353 e. The number of carbonyl (C=O) groups is 1. The van der Waals surface area contributed by atoms with Crippen molar-refractivity contribution >= 4 is 5.91 Å². The van der Waals surface area contributed by atoms with Gasteiger partial charge in [0.25, 0.3) is 0 Å². The monoisotopic (exact) mass is 156 g/mol. The highest BCUT2D eigenvalue weighted by molar-refractivity contribution is 5.76. The zero-order valence-corrected chi connectivity index (χ0v) is 6.97. The molecular weight excluding hydrogens is 140 g/mol. The van der Waals surface area contributed by atoms with E-state index in [0.717, 1.165) is 6.42 Å². The molecule has 3 N–H and O–H groups in total. The molecule has 0 bridgehead atoms. The van der Waals surface area contributed by atoms with Gasteiger partial charge in [-0.1, -0.05) is 6.08 Å². The molecule has 1 amide bonds. The molecule has 0 aromatic rings. The highest BCUT2D eigenvalue weighted by Crippen LogP contribution is 1.90. The number of hydrogen-bond donors (Lipinski definition) is 2. The van der Waals surface area contributed by atoms with Crippen LogP contribution in [-0.2, 0) is 4.79 Å². The van der Waals surface area contributed by atoms with Gasteiger partial charge in [-0.3, -0.25) is 4.79 Å². The van der Waals surface area contributed by atoms with Crippen LogP contribution in [0.5, 0.6) is 0 Å². The van der Waals surface area contributed by atoms with Crippen molar-refractivity contribution < 1.29 is 4.79 Å². The quantitative estimate of drug-likeness (QED) is 0.567. The maximum absolute atomic E-state index is 10.9. The molecule has 64 valence electrons. The van der Waals surface area contributed by atoms with E-state index in [0.29, 0.717) is 13.0 Å². The molecule has 0 aliphatic heterocycles. The Morgan fingerprint density at radius 3 is 2.91 bits per heavy atom. The Bertz CT molecular complexity index is 134. The second-order valence-corrected chi connectivity index (χ2v) is 2.53. The van der Waals surface area contributed by atoms with Gasteiger partial charge < -0.3 is 11.1 Å². The van der Waals surface area contributed by atoms with E-state index >= 15 is 0 Å². The predicted molar refractivity (Wildman–Crippen MR) is 46.1 cm³/mol. The molecule has 0 heterocycles. The molecule has 0 radical (unpaired) electrons. The number of amides is 1. The Hall–Kier alpha value is -0.830. The van der Waals surface area contributed by atoms with Crippen molar-refractivity contribution in [3.63, 3.8) is 0 Å². The van der Waals surface area contributed by atoms with Gasteiger partial charge in [0, 0.05) is 19.0 Å². The summed E-state index contributed by atoms with van der Waals surface area (Å²) in [5.74, 6) is 0.0156. The van der Waals surface area contributed by atoms with Crippen LogP contribution in [0, 0.1) is 0 Å². The largest absolute Gasteiger partial charge is 0.353 e. The Kier molecular flexibility index (Phi) is 5.47. The summed E-state index contributed by atoms with van der Waals surface area (Å²) >= 11 is 0. The van der Waals surface area contributed by atoms with Crippen molar-refractivity contribution in [2.75, 3.05) is 6.54 Å². The van der Waals surface area contributed by atoms with Crippen LogP contribution in [0.25, 0.3) is 0 Å². The third kappa shape index (κ3) is 5.61. The standard InChI is InChI=1S/C8H16N2O/c1-3-4-7(2)10-8(11)5-6-9/h3,7H,1,4-6,9H2,2H3,(H,10,11). The Morgan fingerprint density at radius 2 is 2.45 bits per heavy atom. The summed E-state index contributed by atoms with van der Waals surface area (Å²) in [6.07, 6.45) is 2.99. The van der Waals surface area contributed by atoms with Gasteiger partial charge in [0.05, 0.1) is 0 Å². The first-order valence-electron chi connectivity index (χ1n) is 3.81. The topological polar surface area (TPSA) is 55.1 Å². The van der Waals surface area contributed by atoms with Gasteiger partial charge in [0.1, 0.15) is 0 Å². The van der Waals surface area contributed by atoms with Crippen LogP contribution >= 0.6 is 0 Å². The lowest BCUT2D eigenvalue weighted by Gasteiger charge is -2.10. The van der Waals surface area contributed by atoms with E-state index in [2.05, 4.69) is 11.9 Å². The normalized spacial score (nSPS) is 12.2. The molecule has 0 aliphatic carbocycles. The van der Waals surface area contributed by atoms with Crippen LogP contribution < -0.4 is 11.1 Å². The maximum atomic E-state index is 10.9. The van der Waals surface area contributed by atoms with E-state index in [-0.39, 0.29) is 11.9 Å². The van der Waals surface area contributed by atoms with Gasteiger partial charge in [0.15, 0.2) is 0 Å². The summed E-state index contributed by atoms with van der Waals surface area (Å²) in [7, 11) is 0. The lowest BCUT2D eigenvalue weighted by Crippen LogP contribution is -2.33. The zero-order valence-electron chi connectivity index (χ0n) is 6.97. The first-order chi connectivity index (χ1) is 5.20. The van der Waals surface area contributed by atoms with Gasteiger partial charge in [-0.2, -0.15) is 0 Å². The summed E-state index contributed by atoms with van der Waals surface area (Å²) in [6, 6.07) is 0.173. The first-order valence-corrected chi connectivity index (χ1v) is 3.81. The van der Waals surface area contributed by atoms with Crippen LogP contribution in [0.1, 0.15) is 19.8 Å². The van der Waals surface area contributed by atoms with Crippen LogP contribution in [0.15, 0.2) is 12.7 Å². The van der Waals surface area contributed by atoms with Crippen molar-refractivity contribution in [2.45, 2.75) is 25.8 Å². The molecule has 0 aromatic heterocycles. The molecule has 0 rings (SSSR count). The minimum atomic E-state index is 0.0156. The molecule has 0 aliphatic rings. The molecule has 0 spiro atoms. The van der Waals surface area contributed by atoms with Crippen molar-refractivity contribution in [3.8, 4) is 0 Å². The molecule has 3 nitrogen and oxygen atoms in total. The number of nitrogens with one attached hydrogen (secondary N) is 1. The summed E-state index contributed by atoms with van der Waals surface area (Å²) in [5, 5.41) is 2.79. The lowest BCUT2D eigenvalue weighted by atomic mass is 10.2. The zero-order chi connectivity index (χ0) is 8.69. The molecule has 11 heavy (non-hydrogen) atoms. The van der Waals surface area contributed by atoms with E-state index in [4.69, 9.17) is 5.73 Å². The number of nitrogens with two attached hydrogens (primary N) is 1. The SMILES string of the molecule is C=CCC(C)NC(=O)CCN. The van der Waals surface area contributed by atoms with Gasteiger partial charge >= 0.3 is 0 Å². The number of hydrogen-bond acceptors (Lipinski definition) is 2. The fourth-order valence-corrected chi connectivity index (χ4v) is 0.787. The maximum Gasteiger partial charge on any atom is 0.221 e. The lowest BCUT2D eigenvalue weighted by molar-refractivity contribution is -0.121. The average molecular weight is 156 g/mol. The predicted octanol–water partition coefficient (Wildman–Crippen LogP) is 0.416. The van der Waals surface area contributed by atoms with E-state index in [1.807, 2.05) is 6.92 Å². The third-order valence-electron chi connectivity index (χ3n) is 1.30. The first kappa shape index (κ1) is 10.2. The Balaban J connectivity index is 3.48. The van der Waals surface area contributed by atoms with Crippen molar-refractivity contribution in [3.05, 3.63) is 12.7 Å². The molecular formula is C8H16N2O. The summed E-state index contributed by atoms with van der Waals surface area (Å²) in [5.41, 5.74) is 5.20. The van der Waals surface area contributed by atoms with Crippen LogP contribution in [0.3, 0.4) is 0 Å². The average Bonchev–Trinajstić information content (AvgIpc) is 1.87. The van der Waals surface area contributed by atoms with Crippen LogP contribution in [0.2, 0.25) is 0 Å². The van der Waals surface area contributed by atoms with Crippen LogP contribution in [-0.4, -0.2) is 18.5 Å². The Morgan fingerprint density at radius 1 is 1.82 bits per heavy atom. The van der Waals surface area contributed by atoms with Gasteiger partial charge in [-0.15, -0.1) is 6.58 Å². The van der Waals surface area contributed by atoms with Gasteiger partial charge in [-0.25, -0.2) is 0 Å². The second kappa shape index (κ2) is 5.92. The van der Waals surface area contributed by atoms with Crippen LogP contribution in [0.4, 0.5) is 0 Å². The molecule has 1 atom stereocenters. The summed E-state index contributed by atoms with van der Waals surface area (Å²) in [4.78, 5) is 10.9. The third-order valence-corrected chi connectivity index (χ3v) is 1.30. The highest BCUT2D eigenvalue weighted by atomic mass is 16.1. The molecule has 0 saturated heterocycles. The van der Waals surface area contributed by atoms with E-state index in [1.54, 1.807) is 6.08 Å². The van der Waals surface area contributed by atoms with Gasteiger partial charge in [0.2, 0.25) is 5.91 Å². The highest BCUT2D eigenvalue weighted by Gasteiger charge is 2.03. The summed E-state index contributed by atoms with van der Waals surface area (Å²) in [6.45, 7) is 5.93. The molecule has 3 heteroatoms. The van der Waals surface area contributed by atoms with Crippen molar-refractivity contribution in [1.82, 2.24) is 5.32 Å². The van der Waals surface area contributed by atoms with E-state index < -0.39 is 0 Å². The molecule has 0 aromatic carbocycles. The fraction of sp³-hybridized carbons (Fsp3) is 0.625. The van der Waals surface area contributed by atoms with E-state index in [9.17, 15) is 4.79 Å². The minimum absolute atomic E-state index is 0.0156. The smallest absolute Gasteiger partial charge is 0.221 e. The van der Waals surface area contributed by atoms with E-state index in [1.165, 1.54) is 0 Å². The fourth-order valence-electron chi connectivity index (χ4n) is 0.787. The number of rotatable bonds is 5. The Labute approximate surface area is 67.7 Å². The van der Waals surface area contributed by atoms with Crippen molar-refractivity contribution in [1.29, 1.82) is 0 Å². The number of carbonyl (C=O) groups excluding carboxylic acids is 1. The van der Waals surface area contributed by atoms with Crippen molar-refractivity contribution in [2.24, 2.45) is 5.73 Å². The second-order valence-electron chi connectivity index (χ2n) is 2.53. The summed E-state index contributed by atoms with van der Waals surface area (Å²) < 4.78 is 0. The molecule has 0 saturated carbocycles.